The Morgan fingerprint density at radius 2 is 2.36 bits per heavy atom. The third-order valence-electron chi connectivity index (χ3n) is 3.38. The van der Waals surface area contributed by atoms with E-state index in [1.165, 1.54) is 12.8 Å². The van der Waals surface area contributed by atoms with Gasteiger partial charge in [-0.25, -0.2) is 0 Å². The molecule has 0 aromatic carbocycles. The molecule has 80 valence electrons. The topological polar surface area (TPSA) is 38.8 Å². The van der Waals surface area contributed by atoms with Crippen molar-refractivity contribution in [2.45, 2.75) is 44.6 Å². The number of ether oxygens (including phenoxy) is 2. The minimum Gasteiger partial charge on any atom is -0.466 e. The summed E-state index contributed by atoms with van der Waals surface area (Å²) >= 11 is 0. The van der Waals surface area contributed by atoms with Crippen LogP contribution in [0.2, 0.25) is 0 Å². The van der Waals surface area contributed by atoms with Crippen molar-refractivity contribution in [3.63, 3.8) is 0 Å². The first-order chi connectivity index (χ1) is 6.77. The van der Waals surface area contributed by atoms with E-state index in [0.29, 0.717) is 18.9 Å². The lowest BCUT2D eigenvalue weighted by Gasteiger charge is -2.27. The van der Waals surface area contributed by atoms with Gasteiger partial charge in [0.1, 0.15) is 0 Å². The Kier molecular flexibility index (Phi) is 2.77. The fraction of sp³-hybridized carbons (Fsp3) is 0.909. The molecule has 14 heavy (non-hydrogen) atoms. The van der Waals surface area contributed by atoms with E-state index < -0.39 is 0 Å². The zero-order valence-corrected chi connectivity index (χ0v) is 8.75. The molecule has 1 aliphatic carbocycles. The maximum atomic E-state index is 11.3. The third kappa shape index (κ3) is 1.92. The van der Waals surface area contributed by atoms with E-state index >= 15 is 0 Å². The van der Waals surface area contributed by atoms with Crippen LogP contribution in [-0.2, 0) is 14.3 Å². The van der Waals surface area contributed by atoms with Crippen LogP contribution in [0.15, 0.2) is 0 Å². The molecule has 2 aliphatic rings. The lowest BCUT2D eigenvalue weighted by molar-refractivity contribution is -0.145. The van der Waals surface area contributed by atoms with Crippen molar-refractivity contribution in [3.8, 4) is 0 Å². The summed E-state index contributed by atoms with van der Waals surface area (Å²) in [6.07, 6.45) is 5.29. The minimum absolute atomic E-state index is 0.0609. The van der Waals surface area contributed by atoms with Gasteiger partial charge in [-0.05, 0) is 19.8 Å². The molecular formula is C11H18O3. The number of hydrogen-bond donors (Lipinski definition) is 0. The molecule has 2 atom stereocenters. The first kappa shape index (κ1) is 9.97. The molecule has 3 nitrogen and oxygen atoms in total. The van der Waals surface area contributed by atoms with Gasteiger partial charge in [0.05, 0.1) is 25.2 Å². The first-order valence-electron chi connectivity index (χ1n) is 5.56. The highest BCUT2D eigenvalue weighted by Gasteiger charge is 2.52. The van der Waals surface area contributed by atoms with E-state index in [4.69, 9.17) is 9.47 Å². The number of carbonyl (C=O) groups is 1. The monoisotopic (exact) mass is 198 g/mol. The number of hydrogen-bond acceptors (Lipinski definition) is 3. The van der Waals surface area contributed by atoms with E-state index in [1.807, 2.05) is 6.92 Å². The summed E-state index contributed by atoms with van der Waals surface area (Å²) in [7, 11) is 0. The minimum atomic E-state index is -0.0609. The van der Waals surface area contributed by atoms with Gasteiger partial charge >= 0.3 is 5.97 Å². The van der Waals surface area contributed by atoms with Gasteiger partial charge in [0.15, 0.2) is 0 Å². The molecule has 1 spiro atoms. The lowest BCUT2D eigenvalue weighted by atomic mass is 9.77. The van der Waals surface area contributed by atoms with Gasteiger partial charge in [-0.1, -0.05) is 12.8 Å². The number of rotatable bonds is 3. The normalized spacial score (nSPS) is 35.6. The van der Waals surface area contributed by atoms with Gasteiger partial charge in [-0.15, -0.1) is 0 Å². The van der Waals surface area contributed by atoms with E-state index in [0.717, 1.165) is 19.4 Å². The second-order valence-electron chi connectivity index (χ2n) is 4.31. The van der Waals surface area contributed by atoms with Gasteiger partial charge in [0.25, 0.3) is 0 Å². The van der Waals surface area contributed by atoms with E-state index in [1.54, 1.807) is 0 Å². The summed E-state index contributed by atoms with van der Waals surface area (Å²) in [5.74, 6) is 0.351. The average molecular weight is 198 g/mol. The van der Waals surface area contributed by atoms with Crippen LogP contribution in [0.25, 0.3) is 0 Å². The zero-order chi connectivity index (χ0) is 10.0. The predicted molar refractivity (Wildman–Crippen MR) is 51.9 cm³/mol. The van der Waals surface area contributed by atoms with E-state index in [9.17, 15) is 4.79 Å². The van der Waals surface area contributed by atoms with Crippen molar-refractivity contribution in [2.75, 3.05) is 13.2 Å². The predicted octanol–water partition coefficient (Wildman–Crippen LogP) is 1.90. The Bertz CT molecular complexity index is 221. The summed E-state index contributed by atoms with van der Waals surface area (Å²) in [6, 6.07) is 0. The van der Waals surface area contributed by atoms with Crippen molar-refractivity contribution >= 4 is 5.97 Å². The van der Waals surface area contributed by atoms with Gasteiger partial charge < -0.3 is 9.47 Å². The quantitative estimate of drug-likeness (QED) is 0.513. The Morgan fingerprint density at radius 3 is 3.00 bits per heavy atom. The van der Waals surface area contributed by atoms with Crippen LogP contribution < -0.4 is 0 Å². The van der Waals surface area contributed by atoms with Gasteiger partial charge in [0, 0.05) is 5.92 Å². The average Bonchev–Trinajstić information content (AvgIpc) is 2.91. The lowest BCUT2D eigenvalue weighted by Crippen LogP contribution is -2.30. The Hall–Kier alpha value is -0.570. The molecule has 0 amide bonds. The molecule has 0 aromatic heterocycles. The van der Waals surface area contributed by atoms with Crippen LogP contribution in [0.5, 0.6) is 0 Å². The van der Waals surface area contributed by atoms with Crippen LogP contribution in [0.3, 0.4) is 0 Å². The highest BCUT2D eigenvalue weighted by Crippen LogP contribution is 2.47. The highest BCUT2D eigenvalue weighted by molar-refractivity contribution is 5.69. The molecule has 2 rings (SSSR count). The van der Waals surface area contributed by atoms with Crippen LogP contribution in [0.1, 0.15) is 39.0 Å². The summed E-state index contributed by atoms with van der Waals surface area (Å²) in [5, 5.41) is 0. The highest BCUT2D eigenvalue weighted by atomic mass is 16.6. The Labute approximate surface area is 84.8 Å². The molecule has 0 bridgehead atoms. The number of esters is 1. The summed E-state index contributed by atoms with van der Waals surface area (Å²) in [6.45, 7) is 3.19. The first-order valence-corrected chi connectivity index (χ1v) is 5.56. The van der Waals surface area contributed by atoms with E-state index in [2.05, 4.69) is 0 Å². The van der Waals surface area contributed by atoms with Crippen molar-refractivity contribution in [2.24, 2.45) is 5.92 Å². The van der Waals surface area contributed by atoms with Crippen molar-refractivity contribution in [3.05, 3.63) is 0 Å². The van der Waals surface area contributed by atoms with Crippen LogP contribution in [-0.4, -0.2) is 24.8 Å². The van der Waals surface area contributed by atoms with Crippen LogP contribution in [0, 0.1) is 5.92 Å². The molecule has 0 radical (unpaired) electrons. The van der Waals surface area contributed by atoms with Crippen LogP contribution in [0.4, 0.5) is 0 Å². The summed E-state index contributed by atoms with van der Waals surface area (Å²) in [4.78, 5) is 11.3. The molecule has 1 heterocycles. The van der Waals surface area contributed by atoms with Crippen molar-refractivity contribution in [1.29, 1.82) is 0 Å². The molecule has 2 fully saturated rings. The molecule has 3 heteroatoms. The third-order valence-corrected chi connectivity index (χ3v) is 3.38. The zero-order valence-electron chi connectivity index (χ0n) is 8.75. The smallest absolute Gasteiger partial charge is 0.306 e. The second kappa shape index (κ2) is 3.89. The van der Waals surface area contributed by atoms with Gasteiger partial charge in [0.2, 0.25) is 0 Å². The molecule has 1 saturated carbocycles. The SMILES string of the molecule is CCOC(=O)C[C@H]1CCCC[C@]12CO2. The molecular weight excluding hydrogens is 180 g/mol. The molecule has 0 N–H and O–H groups in total. The van der Waals surface area contributed by atoms with Crippen molar-refractivity contribution in [1.82, 2.24) is 0 Å². The molecule has 0 aromatic rings. The fourth-order valence-corrected chi connectivity index (χ4v) is 2.46. The van der Waals surface area contributed by atoms with Crippen LogP contribution >= 0.6 is 0 Å². The maximum Gasteiger partial charge on any atom is 0.306 e. The summed E-state index contributed by atoms with van der Waals surface area (Å²) in [5.41, 5.74) is 0.0744. The Morgan fingerprint density at radius 1 is 1.57 bits per heavy atom. The number of carbonyl (C=O) groups excluding carboxylic acids is 1. The second-order valence-corrected chi connectivity index (χ2v) is 4.31. The Balaban J connectivity index is 1.86. The molecule has 1 aliphatic heterocycles. The molecule has 0 unspecified atom stereocenters. The van der Waals surface area contributed by atoms with Gasteiger partial charge in [-0.3, -0.25) is 4.79 Å². The standard InChI is InChI=1S/C11H18O3/c1-2-13-10(12)7-9-5-3-4-6-11(9)8-14-11/h9H,2-8H2,1H3/t9-,11+/m1/s1. The van der Waals surface area contributed by atoms with Crippen molar-refractivity contribution < 1.29 is 14.3 Å². The molecule has 1 saturated heterocycles. The van der Waals surface area contributed by atoms with Gasteiger partial charge in [-0.2, -0.15) is 0 Å². The maximum absolute atomic E-state index is 11.3. The largest absolute Gasteiger partial charge is 0.466 e. The van der Waals surface area contributed by atoms with E-state index in [-0.39, 0.29) is 11.6 Å². The fourth-order valence-electron chi connectivity index (χ4n) is 2.46. The number of epoxide rings is 1. The summed E-state index contributed by atoms with van der Waals surface area (Å²) < 4.78 is 10.5.